The van der Waals surface area contributed by atoms with Crippen LogP contribution < -0.4 is 10.2 Å². The molecule has 0 heterocycles. The lowest BCUT2D eigenvalue weighted by Crippen LogP contribution is -2.32. The van der Waals surface area contributed by atoms with Crippen LogP contribution in [0.2, 0.25) is 0 Å². The van der Waals surface area contributed by atoms with E-state index in [1.54, 1.807) is 0 Å². The standard InChI is InChI=1S/C25H26N2O3/c1-27(2)18-9-7-8-17(14-18)24(15-28)26-25(29)30-16-23-21-12-5-3-10-19(21)20-11-4-6-13-22(20)23/h3-14,23-24,28H,15-16H2,1-2H3,(H,26,29)/t24-/m0/s1. The molecular formula is C25H26N2O3. The van der Waals surface area contributed by atoms with E-state index in [-0.39, 0.29) is 19.1 Å². The van der Waals surface area contributed by atoms with E-state index in [9.17, 15) is 9.90 Å². The van der Waals surface area contributed by atoms with Gasteiger partial charge < -0.3 is 20.1 Å². The summed E-state index contributed by atoms with van der Waals surface area (Å²) in [5.74, 6) is 0.00722. The number of aliphatic hydroxyl groups is 1. The summed E-state index contributed by atoms with van der Waals surface area (Å²) in [6, 6.07) is 23.7. The molecule has 3 aromatic carbocycles. The van der Waals surface area contributed by atoms with Gasteiger partial charge in [0.15, 0.2) is 0 Å². The Labute approximate surface area is 176 Å². The van der Waals surface area contributed by atoms with Gasteiger partial charge in [-0.25, -0.2) is 4.79 Å². The minimum absolute atomic E-state index is 0.00722. The fraction of sp³-hybridized carbons (Fsp3) is 0.240. The number of hydrogen-bond acceptors (Lipinski definition) is 4. The van der Waals surface area contributed by atoms with Crippen molar-refractivity contribution >= 4 is 11.8 Å². The van der Waals surface area contributed by atoms with Crippen molar-refractivity contribution in [2.24, 2.45) is 0 Å². The van der Waals surface area contributed by atoms with Gasteiger partial charge in [-0.05, 0) is 39.9 Å². The molecule has 30 heavy (non-hydrogen) atoms. The molecule has 0 saturated heterocycles. The number of fused-ring (bicyclic) bond motifs is 3. The van der Waals surface area contributed by atoms with E-state index < -0.39 is 12.1 Å². The summed E-state index contributed by atoms with van der Waals surface area (Å²) >= 11 is 0. The molecule has 0 bridgehead atoms. The number of alkyl carbamates (subject to hydrolysis) is 1. The predicted molar refractivity (Wildman–Crippen MR) is 119 cm³/mol. The number of carbonyl (C=O) groups excluding carboxylic acids is 1. The molecule has 5 nitrogen and oxygen atoms in total. The zero-order valence-corrected chi connectivity index (χ0v) is 17.2. The summed E-state index contributed by atoms with van der Waals surface area (Å²) in [5.41, 5.74) is 6.55. The predicted octanol–water partition coefficient (Wildman–Crippen LogP) is 4.32. The number of anilines is 1. The zero-order chi connectivity index (χ0) is 21.1. The van der Waals surface area contributed by atoms with Gasteiger partial charge in [0.1, 0.15) is 6.61 Å². The summed E-state index contributed by atoms with van der Waals surface area (Å²) in [7, 11) is 3.90. The molecule has 1 aliphatic carbocycles. The molecule has 0 aromatic heterocycles. The first-order chi connectivity index (χ1) is 14.6. The maximum Gasteiger partial charge on any atom is 0.407 e. The monoisotopic (exact) mass is 402 g/mol. The Kier molecular flexibility index (Phi) is 5.72. The van der Waals surface area contributed by atoms with Crippen molar-refractivity contribution in [3.63, 3.8) is 0 Å². The van der Waals surface area contributed by atoms with Gasteiger partial charge in [0.05, 0.1) is 12.6 Å². The molecule has 4 rings (SSSR count). The lowest BCUT2D eigenvalue weighted by atomic mass is 9.98. The molecular weight excluding hydrogens is 376 g/mol. The average Bonchev–Trinajstić information content (AvgIpc) is 3.10. The maximum absolute atomic E-state index is 12.5. The van der Waals surface area contributed by atoms with Crippen LogP contribution in [0.4, 0.5) is 10.5 Å². The van der Waals surface area contributed by atoms with Crippen LogP contribution >= 0.6 is 0 Å². The molecule has 0 unspecified atom stereocenters. The SMILES string of the molecule is CN(C)c1cccc([C@H](CO)NC(=O)OCC2c3ccccc3-c3ccccc32)c1. The van der Waals surface area contributed by atoms with Gasteiger partial charge in [-0.2, -0.15) is 0 Å². The van der Waals surface area contributed by atoms with Gasteiger partial charge >= 0.3 is 6.09 Å². The third-order valence-corrected chi connectivity index (χ3v) is 5.61. The van der Waals surface area contributed by atoms with Gasteiger partial charge in [0, 0.05) is 25.7 Å². The fourth-order valence-electron chi connectivity index (χ4n) is 4.04. The Balaban J connectivity index is 1.45. The van der Waals surface area contributed by atoms with Crippen molar-refractivity contribution < 1.29 is 14.6 Å². The number of nitrogens with zero attached hydrogens (tertiary/aromatic N) is 1. The molecule has 3 aromatic rings. The zero-order valence-electron chi connectivity index (χ0n) is 17.2. The minimum atomic E-state index is -0.536. The molecule has 154 valence electrons. The van der Waals surface area contributed by atoms with Crippen LogP contribution in [0.3, 0.4) is 0 Å². The quantitative estimate of drug-likeness (QED) is 0.644. The number of hydrogen-bond donors (Lipinski definition) is 2. The Hall–Kier alpha value is -3.31. The molecule has 0 saturated carbocycles. The Morgan fingerprint density at radius 2 is 1.63 bits per heavy atom. The van der Waals surface area contributed by atoms with Crippen LogP contribution in [0.1, 0.15) is 28.7 Å². The first-order valence-corrected chi connectivity index (χ1v) is 10.1. The number of aliphatic hydroxyl groups excluding tert-OH is 1. The van der Waals surface area contributed by atoms with Crippen LogP contribution in [0, 0.1) is 0 Å². The summed E-state index contributed by atoms with van der Waals surface area (Å²) in [4.78, 5) is 14.5. The average molecular weight is 402 g/mol. The van der Waals surface area contributed by atoms with Crippen molar-refractivity contribution in [2.75, 3.05) is 32.2 Å². The summed E-state index contributed by atoms with van der Waals surface area (Å²) in [6.45, 7) is 0.0385. The minimum Gasteiger partial charge on any atom is -0.449 e. The van der Waals surface area contributed by atoms with Crippen LogP contribution in [-0.2, 0) is 4.74 Å². The topological polar surface area (TPSA) is 61.8 Å². The van der Waals surface area contributed by atoms with Crippen molar-refractivity contribution in [2.45, 2.75) is 12.0 Å². The maximum atomic E-state index is 12.5. The lowest BCUT2D eigenvalue weighted by molar-refractivity contribution is 0.132. The summed E-state index contributed by atoms with van der Waals surface area (Å²) in [5, 5.41) is 12.6. The van der Waals surface area contributed by atoms with E-state index in [0.717, 1.165) is 11.3 Å². The molecule has 0 spiro atoms. The van der Waals surface area contributed by atoms with E-state index in [1.807, 2.05) is 67.5 Å². The molecule has 1 atom stereocenters. The van der Waals surface area contributed by atoms with Crippen LogP contribution in [0.15, 0.2) is 72.8 Å². The Morgan fingerprint density at radius 3 is 2.23 bits per heavy atom. The number of carbonyl (C=O) groups is 1. The summed E-state index contributed by atoms with van der Waals surface area (Å²) in [6.07, 6.45) is -0.536. The molecule has 0 aliphatic heterocycles. The van der Waals surface area contributed by atoms with Gasteiger partial charge in [0.25, 0.3) is 0 Å². The largest absolute Gasteiger partial charge is 0.449 e. The fourth-order valence-corrected chi connectivity index (χ4v) is 4.04. The lowest BCUT2D eigenvalue weighted by Gasteiger charge is -2.20. The van der Waals surface area contributed by atoms with Gasteiger partial charge in [0.2, 0.25) is 0 Å². The highest BCUT2D eigenvalue weighted by Crippen LogP contribution is 2.44. The van der Waals surface area contributed by atoms with Crippen LogP contribution in [0.25, 0.3) is 11.1 Å². The van der Waals surface area contributed by atoms with Gasteiger partial charge in [-0.1, -0.05) is 60.7 Å². The smallest absolute Gasteiger partial charge is 0.407 e. The van der Waals surface area contributed by atoms with E-state index in [1.165, 1.54) is 22.3 Å². The second-order valence-electron chi connectivity index (χ2n) is 7.69. The van der Waals surface area contributed by atoms with Gasteiger partial charge in [-0.15, -0.1) is 0 Å². The van der Waals surface area contributed by atoms with Crippen LogP contribution in [0.5, 0.6) is 0 Å². The van der Waals surface area contributed by atoms with Crippen molar-refractivity contribution in [3.8, 4) is 11.1 Å². The van der Waals surface area contributed by atoms with E-state index in [2.05, 4.69) is 29.6 Å². The molecule has 1 aliphatic rings. The Morgan fingerprint density at radius 1 is 1.00 bits per heavy atom. The number of rotatable bonds is 6. The molecule has 1 amide bonds. The highest BCUT2D eigenvalue weighted by Gasteiger charge is 2.29. The number of ether oxygens (including phenoxy) is 1. The first-order valence-electron chi connectivity index (χ1n) is 10.1. The second kappa shape index (κ2) is 8.59. The third-order valence-electron chi connectivity index (χ3n) is 5.61. The molecule has 2 N–H and O–H groups in total. The van der Waals surface area contributed by atoms with Crippen molar-refractivity contribution in [1.29, 1.82) is 0 Å². The molecule has 0 fully saturated rings. The van der Waals surface area contributed by atoms with Crippen LogP contribution in [-0.4, -0.2) is 38.5 Å². The normalized spacial score (nSPS) is 13.3. The van der Waals surface area contributed by atoms with E-state index >= 15 is 0 Å². The molecule has 5 heteroatoms. The number of benzene rings is 3. The summed E-state index contributed by atoms with van der Waals surface area (Å²) < 4.78 is 5.60. The third kappa shape index (κ3) is 3.89. The van der Waals surface area contributed by atoms with E-state index in [4.69, 9.17) is 4.74 Å². The van der Waals surface area contributed by atoms with Gasteiger partial charge in [-0.3, -0.25) is 0 Å². The Bertz CT molecular complexity index is 1000. The first kappa shape index (κ1) is 20.0. The molecule has 0 radical (unpaired) electrons. The number of nitrogens with one attached hydrogen (secondary N) is 1. The van der Waals surface area contributed by atoms with Crippen molar-refractivity contribution in [3.05, 3.63) is 89.5 Å². The second-order valence-corrected chi connectivity index (χ2v) is 7.69. The number of amides is 1. The van der Waals surface area contributed by atoms with Crippen molar-refractivity contribution in [1.82, 2.24) is 5.32 Å². The highest BCUT2D eigenvalue weighted by molar-refractivity contribution is 5.79. The van der Waals surface area contributed by atoms with E-state index in [0.29, 0.717) is 0 Å². The highest BCUT2D eigenvalue weighted by atomic mass is 16.5.